The number of likely N-dealkylation sites (tertiary alicyclic amines) is 1. The van der Waals surface area contributed by atoms with Crippen LogP contribution in [0.4, 0.5) is 0 Å². The molecule has 112 valence electrons. The molecular formula is C16H25ClN2O. The Labute approximate surface area is 126 Å². The second-order valence-corrected chi connectivity index (χ2v) is 5.96. The van der Waals surface area contributed by atoms with Crippen LogP contribution in [-0.2, 0) is 0 Å². The summed E-state index contributed by atoms with van der Waals surface area (Å²) < 4.78 is 0. The van der Waals surface area contributed by atoms with Crippen LogP contribution in [-0.4, -0.2) is 42.3 Å². The van der Waals surface area contributed by atoms with Crippen molar-refractivity contribution in [3.8, 4) is 0 Å². The molecular weight excluding hydrogens is 272 g/mol. The van der Waals surface area contributed by atoms with Crippen molar-refractivity contribution < 1.29 is 5.11 Å². The van der Waals surface area contributed by atoms with Crippen LogP contribution in [0.5, 0.6) is 0 Å². The molecule has 0 radical (unpaired) electrons. The fourth-order valence-electron chi connectivity index (χ4n) is 2.78. The van der Waals surface area contributed by atoms with Crippen molar-refractivity contribution in [2.75, 3.05) is 26.2 Å². The number of piperidine rings is 1. The number of halogens is 1. The molecule has 1 aliphatic heterocycles. The third kappa shape index (κ3) is 4.74. The molecule has 1 atom stereocenters. The lowest BCUT2D eigenvalue weighted by molar-refractivity contribution is 0.0806. The molecule has 4 heteroatoms. The van der Waals surface area contributed by atoms with Crippen LogP contribution in [0.1, 0.15) is 37.8 Å². The molecule has 1 saturated heterocycles. The number of aliphatic hydroxyl groups is 1. The first kappa shape index (κ1) is 15.8. The van der Waals surface area contributed by atoms with Gasteiger partial charge in [0.25, 0.3) is 0 Å². The molecule has 0 amide bonds. The van der Waals surface area contributed by atoms with Gasteiger partial charge in [-0.15, -0.1) is 0 Å². The van der Waals surface area contributed by atoms with Gasteiger partial charge < -0.3 is 15.3 Å². The van der Waals surface area contributed by atoms with Crippen LogP contribution in [0.2, 0.25) is 5.02 Å². The van der Waals surface area contributed by atoms with Gasteiger partial charge in [0.2, 0.25) is 0 Å². The fraction of sp³-hybridized carbons (Fsp3) is 0.625. The highest BCUT2D eigenvalue weighted by molar-refractivity contribution is 6.30. The summed E-state index contributed by atoms with van der Waals surface area (Å²) in [6.45, 7) is 6.21. The number of aliphatic hydroxyl groups excluding tert-OH is 1. The van der Waals surface area contributed by atoms with Gasteiger partial charge in [-0.3, -0.25) is 0 Å². The van der Waals surface area contributed by atoms with Crippen LogP contribution in [0.3, 0.4) is 0 Å². The first-order chi connectivity index (χ1) is 9.69. The largest absolute Gasteiger partial charge is 0.393 e. The highest BCUT2D eigenvalue weighted by atomic mass is 35.5. The molecule has 1 heterocycles. The number of benzene rings is 1. The van der Waals surface area contributed by atoms with E-state index in [2.05, 4.69) is 29.3 Å². The van der Waals surface area contributed by atoms with Crippen molar-refractivity contribution in [1.29, 1.82) is 0 Å². The monoisotopic (exact) mass is 296 g/mol. The van der Waals surface area contributed by atoms with Gasteiger partial charge in [-0.05, 0) is 50.0 Å². The number of rotatable bonds is 6. The van der Waals surface area contributed by atoms with Crippen molar-refractivity contribution in [3.63, 3.8) is 0 Å². The molecule has 0 spiro atoms. The molecule has 0 aliphatic carbocycles. The lowest BCUT2D eigenvalue weighted by Gasteiger charge is -2.31. The van der Waals surface area contributed by atoms with Crippen LogP contribution >= 0.6 is 11.6 Å². The Balaban J connectivity index is 1.87. The van der Waals surface area contributed by atoms with E-state index in [1.807, 2.05) is 12.1 Å². The molecule has 20 heavy (non-hydrogen) atoms. The molecule has 1 aliphatic rings. The first-order valence-corrected chi connectivity index (χ1v) is 7.96. The SMILES string of the molecule is CCNC(CCN1CCC(O)CC1)c1ccc(Cl)cc1. The quantitative estimate of drug-likeness (QED) is 0.847. The van der Waals surface area contributed by atoms with E-state index < -0.39 is 0 Å². The summed E-state index contributed by atoms with van der Waals surface area (Å²) in [5, 5.41) is 13.9. The Bertz CT molecular complexity index is 388. The molecule has 2 rings (SSSR count). The smallest absolute Gasteiger partial charge is 0.0564 e. The van der Waals surface area contributed by atoms with E-state index in [0.717, 1.165) is 50.5 Å². The van der Waals surface area contributed by atoms with Gasteiger partial charge in [-0.1, -0.05) is 30.7 Å². The number of hydrogen-bond donors (Lipinski definition) is 2. The normalized spacial score (nSPS) is 19.1. The lowest BCUT2D eigenvalue weighted by Crippen LogP contribution is -2.37. The third-order valence-corrected chi connectivity index (χ3v) is 4.27. The number of nitrogens with zero attached hydrogens (tertiary/aromatic N) is 1. The molecule has 1 fully saturated rings. The molecule has 0 bridgehead atoms. The average Bonchev–Trinajstić information content (AvgIpc) is 2.46. The summed E-state index contributed by atoms with van der Waals surface area (Å²) in [5.41, 5.74) is 1.30. The van der Waals surface area contributed by atoms with Gasteiger partial charge >= 0.3 is 0 Å². The standard InChI is InChI=1S/C16H25ClN2O/c1-2-18-16(13-3-5-14(17)6-4-13)9-12-19-10-7-15(20)8-11-19/h3-6,15-16,18,20H,2,7-12H2,1H3. The van der Waals surface area contributed by atoms with Crippen LogP contribution in [0.15, 0.2) is 24.3 Å². The Morgan fingerprint density at radius 2 is 1.95 bits per heavy atom. The Morgan fingerprint density at radius 1 is 1.30 bits per heavy atom. The Kier molecular flexibility index (Phi) is 6.30. The second-order valence-electron chi connectivity index (χ2n) is 5.52. The van der Waals surface area contributed by atoms with Gasteiger partial charge in [0.15, 0.2) is 0 Å². The summed E-state index contributed by atoms with van der Waals surface area (Å²) in [7, 11) is 0. The van der Waals surface area contributed by atoms with Crippen molar-refractivity contribution in [2.24, 2.45) is 0 Å². The van der Waals surface area contributed by atoms with E-state index in [1.54, 1.807) is 0 Å². The van der Waals surface area contributed by atoms with Gasteiger partial charge in [-0.25, -0.2) is 0 Å². The van der Waals surface area contributed by atoms with Crippen LogP contribution in [0, 0.1) is 0 Å². The Morgan fingerprint density at radius 3 is 2.55 bits per heavy atom. The maximum atomic E-state index is 9.54. The predicted molar refractivity (Wildman–Crippen MR) is 84.2 cm³/mol. The van der Waals surface area contributed by atoms with Gasteiger partial charge in [-0.2, -0.15) is 0 Å². The summed E-state index contributed by atoms with van der Waals surface area (Å²) in [6, 6.07) is 8.51. The predicted octanol–water partition coefficient (Wildman–Crippen LogP) is 2.84. The zero-order chi connectivity index (χ0) is 14.4. The molecule has 0 aromatic heterocycles. The summed E-state index contributed by atoms with van der Waals surface area (Å²) in [4.78, 5) is 2.45. The zero-order valence-electron chi connectivity index (χ0n) is 12.2. The van der Waals surface area contributed by atoms with Crippen molar-refractivity contribution in [1.82, 2.24) is 10.2 Å². The number of hydrogen-bond acceptors (Lipinski definition) is 3. The topological polar surface area (TPSA) is 35.5 Å². The molecule has 0 saturated carbocycles. The average molecular weight is 297 g/mol. The minimum atomic E-state index is -0.0907. The highest BCUT2D eigenvalue weighted by Gasteiger charge is 2.18. The third-order valence-electron chi connectivity index (χ3n) is 4.01. The molecule has 3 nitrogen and oxygen atoms in total. The first-order valence-electron chi connectivity index (χ1n) is 7.58. The van der Waals surface area contributed by atoms with E-state index in [-0.39, 0.29) is 6.10 Å². The lowest BCUT2D eigenvalue weighted by atomic mass is 10.0. The Hall–Kier alpha value is -0.610. The van der Waals surface area contributed by atoms with E-state index in [9.17, 15) is 5.11 Å². The van der Waals surface area contributed by atoms with E-state index in [1.165, 1.54) is 5.56 Å². The minimum absolute atomic E-state index is 0.0907. The van der Waals surface area contributed by atoms with Gasteiger partial charge in [0.1, 0.15) is 0 Å². The summed E-state index contributed by atoms with van der Waals surface area (Å²) in [5.74, 6) is 0. The molecule has 1 aromatic rings. The van der Waals surface area contributed by atoms with Gasteiger partial charge in [0.05, 0.1) is 6.10 Å². The fourth-order valence-corrected chi connectivity index (χ4v) is 2.91. The molecule has 1 unspecified atom stereocenters. The summed E-state index contributed by atoms with van der Waals surface area (Å²) in [6.07, 6.45) is 2.82. The molecule has 2 N–H and O–H groups in total. The maximum absolute atomic E-state index is 9.54. The highest BCUT2D eigenvalue weighted by Crippen LogP contribution is 2.20. The summed E-state index contributed by atoms with van der Waals surface area (Å²) >= 11 is 5.95. The van der Waals surface area contributed by atoms with Crippen molar-refractivity contribution in [2.45, 2.75) is 38.3 Å². The van der Waals surface area contributed by atoms with E-state index >= 15 is 0 Å². The number of nitrogens with one attached hydrogen (secondary N) is 1. The van der Waals surface area contributed by atoms with E-state index in [4.69, 9.17) is 11.6 Å². The van der Waals surface area contributed by atoms with Crippen LogP contribution in [0.25, 0.3) is 0 Å². The van der Waals surface area contributed by atoms with E-state index in [0.29, 0.717) is 6.04 Å². The second kappa shape index (κ2) is 7.99. The molecule has 1 aromatic carbocycles. The van der Waals surface area contributed by atoms with Crippen molar-refractivity contribution in [3.05, 3.63) is 34.9 Å². The maximum Gasteiger partial charge on any atom is 0.0564 e. The minimum Gasteiger partial charge on any atom is -0.393 e. The van der Waals surface area contributed by atoms with Crippen LogP contribution < -0.4 is 5.32 Å². The zero-order valence-corrected chi connectivity index (χ0v) is 12.9. The van der Waals surface area contributed by atoms with Crippen molar-refractivity contribution >= 4 is 11.6 Å². The van der Waals surface area contributed by atoms with Gasteiger partial charge in [0, 0.05) is 24.2 Å².